The molecule has 0 spiro atoms. The number of nitrogens with one attached hydrogen (secondary N) is 1. The Bertz CT molecular complexity index is 1270. The van der Waals surface area contributed by atoms with E-state index in [4.69, 9.17) is 17.3 Å². The number of hydrogen-bond donors (Lipinski definition) is 3. The van der Waals surface area contributed by atoms with Gasteiger partial charge in [0.15, 0.2) is 27.3 Å². The standard InChI is InChI=1S/C22H20ClF3N2O4S/c23-14-2-1-9(21(29)28-10-4-15(24)19(26)16(25)5-10)3-17(14)33(31,32)20-13-7-22(30,8-27)18(20)12-6-11(12)13/h1-5,11-13,18,20,30H,6-8,27H2,(H,28,29)/t11?,12?,13?,18?,20-,22-/m1/s1. The summed E-state index contributed by atoms with van der Waals surface area (Å²) in [6.07, 6.45) is 1.17. The fraction of sp³-hybridized carbons (Fsp3) is 0.409. The number of carbonyl (C=O) groups excluding carboxylic acids is 1. The number of halogens is 4. The van der Waals surface area contributed by atoms with Gasteiger partial charge < -0.3 is 16.2 Å². The highest BCUT2D eigenvalue weighted by Gasteiger charge is 2.73. The maximum absolute atomic E-state index is 13.6. The van der Waals surface area contributed by atoms with E-state index in [-0.39, 0.29) is 45.5 Å². The Hall–Kier alpha value is -2.14. The summed E-state index contributed by atoms with van der Waals surface area (Å²) in [5.74, 6) is -5.89. The van der Waals surface area contributed by atoms with E-state index in [9.17, 15) is 31.5 Å². The Morgan fingerprint density at radius 2 is 1.82 bits per heavy atom. The molecule has 3 aliphatic rings. The number of rotatable bonds is 5. The Kier molecular flexibility index (Phi) is 5.10. The zero-order chi connectivity index (χ0) is 23.9. The SMILES string of the molecule is NC[C@]1(O)CC2C3CC3C1[C@@H]2S(=O)(=O)c1cc(C(=O)Nc2cc(F)c(F)c(F)c2)ccc1Cl. The van der Waals surface area contributed by atoms with E-state index in [2.05, 4.69) is 5.32 Å². The zero-order valence-corrected chi connectivity index (χ0v) is 18.6. The van der Waals surface area contributed by atoms with Gasteiger partial charge in [0.1, 0.15) is 0 Å². The minimum absolute atomic E-state index is 0.0373. The van der Waals surface area contributed by atoms with Gasteiger partial charge in [-0.3, -0.25) is 4.79 Å². The van der Waals surface area contributed by atoms with Gasteiger partial charge in [-0.15, -0.1) is 0 Å². The van der Waals surface area contributed by atoms with Gasteiger partial charge in [0, 0.05) is 35.8 Å². The maximum Gasteiger partial charge on any atom is 0.255 e. The number of carbonyl (C=O) groups is 1. The average molecular weight is 501 g/mol. The molecule has 2 aromatic rings. The van der Waals surface area contributed by atoms with Gasteiger partial charge in [0.25, 0.3) is 5.91 Å². The predicted octanol–water partition coefficient (Wildman–Crippen LogP) is 3.13. The molecule has 0 aromatic heterocycles. The minimum atomic E-state index is -4.03. The largest absolute Gasteiger partial charge is 0.388 e. The number of hydrogen-bond acceptors (Lipinski definition) is 5. The lowest BCUT2D eigenvalue weighted by Gasteiger charge is -2.31. The van der Waals surface area contributed by atoms with Crippen LogP contribution in [0.4, 0.5) is 18.9 Å². The summed E-state index contributed by atoms with van der Waals surface area (Å²) in [6.45, 7) is -0.0373. The van der Waals surface area contributed by atoms with Gasteiger partial charge in [-0.25, -0.2) is 21.6 Å². The molecule has 4 unspecified atom stereocenters. The predicted molar refractivity (Wildman–Crippen MR) is 114 cm³/mol. The Labute approximate surface area is 192 Å². The second-order valence-corrected chi connectivity index (χ2v) is 11.6. The maximum atomic E-state index is 13.6. The Balaban J connectivity index is 1.46. The number of anilines is 1. The molecule has 0 saturated heterocycles. The normalized spacial score (nSPS) is 32.0. The van der Waals surface area contributed by atoms with Crippen molar-refractivity contribution < 1.29 is 31.5 Å². The molecule has 6 nitrogen and oxygen atoms in total. The van der Waals surface area contributed by atoms with Crippen molar-refractivity contribution in [2.45, 2.75) is 28.6 Å². The van der Waals surface area contributed by atoms with E-state index in [0.29, 0.717) is 18.6 Å². The molecular weight excluding hydrogens is 481 g/mol. The molecule has 5 rings (SSSR count). The summed E-state index contributed by atoms with van der Waals surface area (Å²) in [7, 11) is -4.03. The lowest BCUT2D eigenvalue weighted by atomic mass is 9.84. The molecule has 0 aliphatic heterocycles. The highest BCUT2D eigenvalue weighted by molar-refractivity contribution is 7.92. The Morgan fingerprint density at radius 1 is 1.15 bits per heavy atom. The zero-order valence-electron chi connectivity index (χ0n) is 17.1. The summed E-state index contributed by atoms with van der Waals surface area (Å²) in [5, 5.41) is 12.2. The van der Waals surface area contributed by atoms with E-state index in [1.807, 2.05) is 0 Å². The van der Waals surface area contributed by atoms with Gasteiger partial charge in [-0.1, -0.05) is 11.6 Å². The quantitative estimate of drug-likeness (QED) is 0.546. The molecule has 11 heteroatoms. The molecule has 2 bridgehead atoms. The van der Waals surface area contributed by atoms with Crippen LogP contribution in [0.5, 0.6) is 0 Å². The average Bonchev–Trinajstić information content (AvgIpc) is 3.41. The molecule has 176 valence electrons. The molecule has 2 aromatic carbocycles. The smallest absolute Gasteiger partial charge is 0.255 e. The first-order chi connectivity index (χ1) is 15.5. The number of aliphatic hydroxyl groups is 1. The lowest BCUT2D eigenvalue weighted by Crippen LogP contribution is -2.46. The van der Waals surface area contributed by atoms with Gasteiger partial charge >= 0.3 is 0 Å². The fourth-order valence-corrected chi connectivity index (χ4v) is 8.86. The number of nitrogens with two attached hydrogens (primary N) is 1. The van der Waals surface area contributed by atoms with E-state index in [0.717, 1.165) is 12.5 Å². The number of sulfone groups is 1. The molecule has 4 N–H and O–H groups in total. The third kappa shape index (κ3) is 3.38. The van der Waals surface area contributed by atoms with E-state index in [1.165, 1.54) is 12.1 Å². The van der Waals surface area contributed by atoms with E-state index < -0.39 is 50.0 Å². The lowest BCUT2D eigenvalue weighted by molar-refractivity contribution is -0.00907. The van der Waals surface area contributed by atoms with Crippen LogP contribution in [0.1, 0.15) is 23.2 Å². The summed E-state index contributed by atoms with van der Waals surface area (Å²) in [6, 6.07) is 4.85. The number of amides is 1. The van der Waals surface area contributed by atoms with Crippen LogP contribution < -0.4 is 11.1 Å². The topological polar surface area (TPSA) is 109 Å². The van der Waals surface area contributed by atoms with Crippen molar-refractivity contribution in [2.24, 2.45) is 29.4 Å². The molecule has 0 radical (unpaired) electrons. The third-order valence-corrected chi connectivity index (χ3v) is 10.1. The summed E-state index contributed by atoms with van der Waals surface area (Å²) in [5.41, 5.74) is 4.07. The summed E-state index contributed by atoms with van der Waals surface area (Å²) < 4.78 is 67.3. The molecule has 3 saturated carbocycles. The number of fused-ring (bicyclic) bond motifs is 5. The highest BCUT2D eigenvalue weighted by Crippen LogP contribution is 2.70. The summed E-state index contributed by atoms with van der Waals surface area (Å²) >= 11 is 6.21. The first kappa shape index (κ1) is 22.6. The fourth-order valence-electron chi connectivity index (χ4n) is 5.89. The van der Waals surface area contributed by atoms with Crippen LogP contribution in [0.25, 0.3) is 0 Å². The molecule has 6 atom stereocenters. The van der Waals surface area contributed by atoms with Gasteiger partial charge in [-0.05, 0) is 48.8 Å². The van der Waals surface area contributed by atoms with Crippen molar-refractivity contribution in [1.82, 2.24) is 0 Å². The molecule has 33 heavy (non-hydrogen) atoms. The second kappa shape index (κ2) is 7.43. The molecule has 3 fully saturated rings. The van der Waals surface area contributed by atoms with Crippen molar-refractivity contribution in [1.29, 1.82) is 0 Å². The van der Waals surface area contributed by atoms with Crippen molar-refractivity contribution in [2.75, 3.05) is 11.9 Å². The van der Waals surface area contributed by atoms with Crippen LogP contribution in [-0.4, -0.2) is 36.8 Å². The first-order valence-electron chi connectivity index (χ1n) is 10.4. The first-order valence-corrected chi connectivity index (χ1v) is 12.3. The molecular formula is C22H20ClF3N2O4S. The van der Waals surface area contributed by atoms with Crippen molar-refractivity contribution >= 4 is 33.0 Å². The molecule has 3 aliphatic carbocycles. The van der Waals surface area contributed by atoms with E-state index in [1.54, 1.807) is 0 Å². The van der Waals surface area contributed by atoms with Gasteiger partial charge in [0.05, 0.1) is 20.8 Å². The van der Waals surface area contributed by atoms with E-state index >= 15 is 0 Å². The van der Waals surface area contributed by atoms with Crippen molar-refractivity contribution in [3.63, 3.8) is 0 Å². The monoisotopic (exact) mass is 500 g/mol. The molecule has 0 heterocycles. The van der Waals surface area contributed by atoms with Crippen LogP contribution in [0, 0.1) is 41.1 Å². The summed E-state index contributed by atoms with van der Waals surface area (Å²) in [4.78, 5) is 12.4. The van der Waals surface area contributed by atoms with Crippen LogP contribution >= 0.6 is 11.6 Å². The third-order valence-electron chi connectivity index (χ3n) is 7.34. The van der Waals surface area contributed by atoms with Crippen LogP contribution in [0.15, 0.2) is 35.2 Å². The molecule has 1 amide bonds. The van der Waals surface area contributed by atoms with Crippen molar-refractivity contribution in [3.8, 4) is 0 Å². The highest BCUT2D eigenvalue weighted by atomic mass is 35.5. The van der Waals surface area contributed by atoms with Gasteiger partial charge in [-0.2, -0.15) is 0 Å². The van der Waals surface area contributed by atoms with Crippen LogP contribution in [0.2, 0.25) is 5.02 Å². The Morgan fingerprint density at radius 3 is 2.45 bits per heavy atom. The minimum Gasteiger partial charge on any atom is -0.388 e. The number of benzene rings is 2. The van der Waals surface area contributed by atoms with Crippen molar-refractivity contribution in [3.05, 3.63) is 58.4 Å². The van der Waals surface area contributed by atoms with Crippen LogP contribution in [0.3, 0.4) is 0 Å². The second-order valence-electron chi connectivity index (χ2n) is 9.13. The van der Waals surface area contributed by atoms with Crippen LogP contribution in [-0.2, 0) is 9.84 Å². The van der Waals surface area contributed by atoms with Gasteiger partial charge in [0.2, 0.25) is 0 Å².